The molecule has 5 nitrogen and oxygen atoms in total. The van der Waals surface area contributed by atoms with Crippen molar-refractivity contribution >= 4 is 11.8 Å². The number of hydrogen-bond donors (Lipinski definition) is 3. The first-order valence-electron chi connectivity index (χ1n) is 7.40. The van der Waals surface area contributed by atoms with Gasteiger partial charge >= 0.3 is 0 Å². The maximum Gasteiger partial charge on any atom is 0.222 e. The molecule has 2 rings (SSSR count). The van der Waals surface area contributed by atoms with Crippen molar-refractivity contribution in [1.29, 1.82) is 0 Å². The molecule has 0 radical (unpaired) electrons. The predicted octanol–water partition coefficient (Wildman–Crippen LogP) is 1.11. The minimum Gasteiger partial charge on any atom is -0.354 e. The normalized spacial score (nSPS) is 16.9. The summed E-state index contributed by atoms with van der Waals surface area (Å²) in [7, 11) is 0. The van der Waals surface area contributed by atoms with Crippen LogP contribution in [0.3, 0.4) is 0 Å². The Balaban J connectivity index is 1.88. The number of rotatable bonds is 7. The summed E-state index contributed by atoms with van der Waals surface area (Å²) in [6.45, 7) is 1.96. The Labute approximate surface area is 125 Å². The van der Waals surface area contributed by atoms with Crippen molar-refractivity contribution in [2.24, 2.45) is 11.7 Å². The highest BCUT2D eigenvalue weighted by Gasteiger charge is 2.28. The molecule has 21 heavy (non-hydrogen) atoms. The monoisotopic (exact) mass is 289 g/mol. The van der Waals surface area contributed by atoms with E-state index in [1.165, 1.54) is 6.92 Å². The highest BCUT2D eigenvalue weighted by Crippen LogP contribution is 2.31. The molecule has 2 amide bonds. The van der Waals surface area contributed by atoms with Gasteiger partial charge in [-0.15, -0.1) is 0 Å². The molecule has 2 atom stereocenters. The molecule has 0 aromatic heterocycles. The van der Waals surface area contributed by atoms with Gasteiger partial charge in [-0.1, -0.05) is 30.3 Å². The van der Waals surface area contributed by atoms with Crippen molar-refractivity contribution in [2.45, 2.75) is 38.3 Å². The molecule has 0 saturated heterocycles. The Hall–Kier alpha value is -1.88. The van der Waals surface area contributed by atoms with Crippen molar-refractivity contribution in [1.82, 2.24) is 10.6 Å². The molecule has 5 heteroatoms. The van der Waals surface area contributed by atoms with Gasteiger partial charge in [0.15, 0.2) is 0 Å². The summed E-state index contributed by atoms with van der Waals surface area (Å²) < 4.78 is 0. The Bertz CT molecular complexity index is 486. The van der Waals surface area contributed by atoms with E-state index in [4.69, 9.17) is 5.73 Å². The molecule has 0 spiro atoms. The van der Waals surface area contributed by atoms with Crippen LogP contribution in [0.5, 0.6) is 0 Å². The van der Waals surface area contributed by atoms with E-state index in [0.29, 0.717) is 12.5 Å². The number of hydrogen-bond acceptors (Lipinski definition) is 3. The van der Waals surface area contributed by atoms with Crippen LogP contribution >= 0.6 is 0 Å². The van der Waals surface area contributed by atoms with E-state index in [9.17, 15) is 9.59 Å². The molecule has 1 aromatic carbocycles. The average Bonchev–Trinajstić information content (AvgIpc) is 3.29. The van der Waals surface area contributed by atoms with Gasteiger partial charge in [-0.05, 0) is 24.3 Å². The third kappa shape index (κ3) is 5.19. The quantitative estimate of drug-likeness (QED) is 0.703. The second kappa shape index (κ2) is 7.22. The van der Waals surface area contributed by atoms with Crippen molar-refractivity contribution < 1.29 is 9.59 Å². The van der Waals surface area contributed by atoms with Crippen LogP contribution in [0.4, 0.5) is 0 Å². The first-order valence-corrected chi connectivity index (χ1v) is 7.40. The molecule has 4 N–H and O–H groups in total. The predicted molar refractivity (Wildman–Crippen MR) is 81.3 cm³/mol. The van der Waals surface area contributed by atoms with Crippen LogP contribution in [0.1, 0.15) is 37.8 Å². The van der Waals surface area contributed by atoms with Crippen molar-refractivity contribution in [3.05, 3.63) is 35.9 Å². The van der Waals surface area contributed by atoms with Crippen molar-refractivity contribution in [3.8, 4) is 0 Å². The maximum atomic E-state index is 12.0. The topological polar surface area (TPSA) is 84.2 Å². The lowest BCUT2D eigenvalue weighted by Crippen LogP contribution is -2.40. The second-order valence-corrected chi connectivity index (χ2v) is 5.67. The fraction of sp³-hybridized carbons (Fsp3) is 0.500. The Morgan fingerprint density at radius 3 is 2.52 bits per heavy atom. The van der Waals surface area contributed by atoms with Gasteiger partial charge in [0.25, 0.3) is 0 Å². The molecule has 0 bridgehead atoms. The summed E-state index contributed by atoms with van der Waals surface area (Å²) in [5.41, 5.74) is 6.89. The van der Waals surface area contributed by atoms with E-state index in [0.717, 1.165) is 18.4 Å². The number of nitrogens with one attached hydrogen (secondary N) is 2. The summed E-state index contributed by atoms with van der Waals surface area (Å²) in [5, 5.41) is 5.68. The molecule has 0 aliphatic heterocycles. The van der Waals surface area contributed by atoms with Crippen LogP contribution in [0.15, 0.2) is 30.3 Å². The highest BCUT2D eigenvalue weighted by atomic mass is 16.2. The Morgan fingerprint density at radius 2 is 1.95 bits per heavy atom. The van der Waals surface area contributed by atoms with Crippen molar-refractivity contribution in [3.63, 3.8) is 0 Å². The van der Waals surface area contributed by atoms with Gasteiger partial charge < -0.3 is 16.4 Å². The molecule has 114 valence electrons. The molecule has 1 aromatic rings. The molecular formula is C16H23N3O2. The van der Waals surface area contributed by atoms with Gasteiger partial charge in [0, 0.05) is 19.5 Å². The molecule has 1 saturated carbocycles. The minimum atomic E-state index is -0.305. The van der Waals surface area contributed by atoms with Crippen LogP contribution in [0, 0.1) is 5.92 Å². The van der Waals surface area contributed by atoms with Crippen molar-refractivity contribution in [2.75, 3.05) is 6.54 Å². The fourth-order valence-electron chi connectivity index (χ4n) is 2.36. The number of carbonyl (C=O) groups is 2. The third-order valence-corrected chi connectivity index (χ3v) is 3.73. The standard InChI is InChI=1S/C16H23N3O2/c1-11(20)19-15(13-5-3-2-4-6-13)9-16(21)18-10-14(17)12-7-8-12/h2-6,12,14-15H,7-10,17H2,1H3,(H,18,21)(H,19,20). The molecular weight excluding hydrogens is 266 g/mol. The third-order valence-electron chi connectivity index (χ3n) is 3.73. The lowest BCUT2D eigenvalue weighted by molar-refractivity contribution is -0.122. The van der Waals surface area contributed by atoms with E-state index in [1.54, 1.807) is 0 Å². The lowest BCUT2D eigenvalue weighted by atomic mass is 10.0. The lowest BCUT2D eigenvalue weighted by Gasteiger charge is -2.19. The highest BCUT2D eigenvalue weighted by molar-refractivity contribution is 5.79. The molecule has 1 aliphatic carbocycles. The smallest absolute Gasteiger partial charge is 0.222 e. The van der Waals surface area contributed by atoms with Crippen LogP contribution in [0.2, 0.25) is 0 Å². The summed E-state index contributed by atoms with van der Waals surface area (Å²) >= 11 is 0. The average molecular weight is 289 g/mol. The molecule has 1 aliphatic rings. The summed E-state index contributed by atoms with van der Waals surface area (Å²) in [6, 6.07) is 9.25. The second-order valence-electron chi connectivity index (χ2n) is 5.67. The molecule has 1 fully saturated rings. The number of carbonyl (C=O) groups excluding carboxylic acids is 2. The van der Waals surface area contributed by atoms with Gasteiger partial charge in [0.1, 0.15) is 0 Å². The first kappa shape index (κ1) is 15.5. The van der Waals surface area contributed by atoms with Gasteiger partial charge in [-0.25, -0.2) is 0 Å². The van der Waals surface area contributed by atoms with E-state index < -0.39 is 0 Å². The minimum absolute atomic E-state index is 0.0462. The Kier molecular flexibility index (Phi) is 5.33. The molecule has 2 unspecified atom stereocenters. The summed E-state index contributed by atoms with van der Waals surface area (Å²) in [6.07, 6.45) is 2.55. The van der Waals surface area contributed by atoms with E-state index >= 15 is 0 Å². The maximum absolute atomic E-state index is 12.0. The number of amides is 2. The van der Waals surface area contributed by atoms with Crippen LogP contribution < -0.4 is 16.4 Å². The molecule has 0 heterocycles. The van der Waals surface area contributed by atoms with Gasteiger partial charge in [0.2, 0.25) is 11.8 Å². The summed E-state index contributed by atoms with van der Waals surface area (Å²) in [5.74, 6) is 0.325. The first-order chi connectivity index (χ1) is 10.1. The zero-order valence-corrected chi connectivity index (χ0v) is 12.3. The fourth-order valence-corrected chi connectivity index (χ4v) is 2.36. The van der Waals surface area contributed by atoms with Crippen LogP contribution in [-0.2, 0) is 9.59 Å². The summed E-state index contributed by atoms with van der Waals surface area (Å²) in [4.78, 5) is 23.3. The van der Waals surface area contributed by atoms with Crippen LogP contribution in [0.25, 0.3) is 0 Å². The zero-order valence-electron chi connectivity index (χ0n) is 12.3. The van der Waals surface area contributed by atoms with Gasteiger partial charge in [-0.2, -0.15) is 0 Å². The zero-order chi connectivity index (χ0) is 15.2. The number of nitrogens with two attached hydrogens (primary N) is 1. The van der Waals surface area contributed by atoms with Crippen LogP contribution in [-0.4, -0.2) is 24.4 Å². The van der Waals surface area contributed by atoms with Gasteiger partial charge in [0.05, 0.1) is 12.5 Å². The Morgan fingerprint density at radius 1 is 1.29 bits per heavy atom. The van der Waals surface area contributed by atoms with E-state index in [1.807, 2.05) is 30.3 Å². The number of benzene rings is 1. The van der Waals surface area contributed by atoms with Gasteiger partial charge in [-0.3, -0.25) is 9.59 Å². The van der Waals surface area contributed by atoms with E-state index in [-0.39, 0.29) is 30.3 Å². The van der Waals surface area contributed by atoms with E-state index in [2.05, 4.69) is 10.6 Å². The largest absolute Gasteiger partial charge is 0.354 e. The SMILES string of the molecule is CC(=O)NC(CC(=O)NCC(N)C1CC1)c1ccccc1.